The molecule has 6 nitrogen and oxygen atoms in total. The van der Waals surface area contributed by atoms with E-state index in [9.17, 15) is 40.3 Å². The summed E-state index contributed by atoms with van der Waals surface area (Å²) in [4.78, 5) is 25.3. The lowest BCUT2D eigenvalue weighted by atomic mass is 10.1. The average Bonchev–Trinajstić information content (AvgIpc) is 2.78. The van der Waals surface area contributed by atoms with Gasteiger partial charge in [0.1, 0.15) is 11.4 Å². The van der Waals surface area contributed by atoms with Crippen LogP contribution in [0.15, 0.2) is 59.4 Å². The first-order valence-electron chi connectivity index (χ1n) is 9.37. The van der Waals surface area contributed by atoms with Crippen LogP contribution >= 0.6 is 0 Å². The van der Waals surface area contributed by atoms with Gasteiger partial charge in [-0.05, 0) is 36.4 Å². The van der Waals surface area contributed by atoms with Crippen molar-refractivity contribution >= 4 is 5.91 Å². The van der Waals surface area contributed by atoms with Crippen LogP contribution in [0.2, 0.25) is 0 Å². The summed E-state index contributed by atoms with van der Waals surface area (Å²) < 4.78 is 91.6. The minimum atomic E-state index is -4.64. The molecular weight excluding hydrogens is 475 g/mol. The molecule has 1 aromatic heterocycles. The lowest BCUT2D eigenvalue weighted by Crippen LogP contribution is -2.45. The number of benzene rings is 2. The summed E-state index contributed by atoms with van der Waals surface area (Å²) in [6.45, 7) is 0. The van der Waals surface area contributed by atoms with Crippen LogP contribution < -0.4 is 10.9 Å². The number of aliphatic hydroxyl groups excluding tert-OH is 1. The lowest BCUT2D eigenvalue weighted by Gasteiger charge is -2.17. The highest BCUT2D eigenvalue weighted by atomic mass is 19.4. The van der Waals surface area contributed by atoms with E-state index in [0.717, 1.165) is 30.3 Å². The second kappa shape index (κ2) is 9.63. The van der Waals surface area contributed by atoms with E-state index < -0.39 is 53.4 Å². The molecule has 180 valence electrons. The van der Waals surface area contributed by atoms with Crippen LogP contribution in [0.4, 0.5) is 30.7 Å². The van der Waals surface area contributed by atoms with Gasteiger partial charge in [-0.1, -0.05) is 18.2 Å². The Labute approximate surface area is 186 Å². The maximum absolute atomic E-state index is 13.8. The van der Waals surface area contributed by atoms with Gasteiger partial charge in [-0.2, -0.15) is 23.0 Å². The molecule has 0 saturated heterocycles. The molecule has 2 aromatic carbocycles. The Balaban J connectivity index is 2.12. The maximum Gasteiger partial charge on any atom is 0.416 e. The van der Waals surface area contributed by atoms with Gasteiger partial charge in [0.15, 0.2) is 6.10 Å². The van der Waals surface area contributed by atoms with Gasteiger partial charge in [0.25, 0.3) is 17.9 Å². The Morgan fingerprint density at radius 1 is 1.03 bits per heavy atom. The highest BCUT2D eigenvalue weighted by Gasteiger charge is 2.31. The fraction of sp³-hybridized carbons (Fsp3) is 0.190. The third-order valence-electron chi connectivity index (χ3n) is 4.54. The SMILES string of the molecule is O=C(NC(F)[C@@H](O)C(F)F)c1cc(-c2ccc(C(F)(F)F)cc2)nn(-c2cccc(F)c2)c1=O. The number of carbonyl (C=O) groups excluding carboxylic acids is 1. The molecule has 3 rings (SSSR count). The van der Waals surface area contributed by atoms with Crippen molar-refractivity contribution in [2.45, 2.75) is 25.0 Å². The Kier molecular flexibility index (Phi) is 7.05. The molecule has 0 aliphatic heterocycles. The summed E-state index contributed by atoms with van der Waals surface area (Å²) in [6.07, 6.45) is -14.0. The number of nitrogens with one attached hydrogen (secondary N) is 1. The van der Waals surface area contributed by atoms with Crippen molar-refractivity contribution in [1.29, 1.82) is 0 Å². The van der Waals surface area contributed by atoms with E-state index >= 15 is 0 Å². The third kappa shape index (κ3) is 5.42. The molecule has 1 heterocycles. The fourth-order valence-corrected chi connectivity index (χ4v) is 2.83. The van der Waals surface area contributed by atoms with Crippen molar-refractivity contribution < 1.29 is 40.6 Å². The molecule has 0 saturated carbocycles. The normalized spacial score (nSPS) is 13.6. The quantitative estimate of drug-likeness (QED) is 0.409. The second-order valence-corrected chi connectivity index (χ2v) is 6.92. The molecule has 0 aliphatic carbocycles. The third-order valence-corrected chi connectivity index (χ3v) is 4.54. The Bertz CT molecular complexity index is 1240. The zero-order valence-corrected chi connectivity index (χ0v) is 16.7. The minimum absolute atomic E-state index is 0.00313. The van der Waals surface area contributed by atoms with Crippen LogP contribution in [-0.4, -0.2) is 39.6 Å². The van der Waals surface area contributed by atoms with Crippen LogP contribution in [0.5, 0.6) is 0 Å². The lowest BCUT2D eigenvalue weighted by molar-refractivity contribution is -0.137. The van der Waals surface area contributed by atoms with Crippen LogP contribution in [0.25, 0.3) is 16.9 Å². The highest BCUT2D eigenvalue weighted by molar-refractivity contribution is 5.95. The molecular formula is C21H14F7N3O3. The van der Waals surface area contributed by atoms with Crippen molar-refractivity contribution in [3.05, 3.63) is 81.9 Å². The van der Waals surface area contributed by atoms with Crippen molar-refractivity contribution in [1.82, 2.24) is 15.1 Å². The number of alkyl halides is 6. The second-order valence-electron chi connectivity index (χ2n) is 6.92. The van der Waals surface area contributed by atoms with Crippen molar-refractivity contribution in [2.24, 2.45) is 0 Å². The van der Waals surface area contributed by atoms with Crippen LogP contribution in [-0.2, 0) is 6.18 Å². The molecule has 0 aliphatic rings. The molecule has 3 aromatic rings. The monoisotopic (exact) mass is 489 g/mol. The van der Waals surface area contributed by atoms with E-state index in [-0.39, 0.29) is 16.9 Å². The first-order valence-corrected chi connectivity index (χ1v) is 9.37. The first-order chi connectivity index (χ1) is 15.9. The van der Waals surface area contributed by atoms with Crippen LogP contribution in [0, 0.1) is 5.82 Å². The van der Waals surface area contributed by atoms with E-state index in [4.69, 9.17) is 5.11 Å². The van der Waals surface area contributed by atoms with E-state index in [0.29, 0.717) is 16.8 Å². The number of nitrogens with zero attached hydrogens (tertiary/aromatic N) is 2. The van der Waals surface area contributed by atoms with Gasteiger partial charge in [-0.3, -0.25) is 9.59 Å². The van der Waals surface area contributed by atoms with Gasteiger partial charge in [-0.25, -0.2) is 17.6 Å². The molecule has 0 spiro atoms. The van der Waals surface area contributed by atoms with Crippen LogP contribution in [0.1, 0.15) is 15.9 Å². The number of halogens is 7. The Hall–Kier alpha value is -3.74. The highest BCUT2D eigenvalue weighted by Crippen LogP contribution is 2.30. The molecule has 2 N–H and O–H groups in total. The first kappa shape index (κ1) is 24.9. The number of hydrogen-bond donors (Lipinski definition) is 2. The Morgan fingerprint density at radius 2 is 1.68 bits per heavy atom. The molecule has 2 atom stereocenters. The van der Waals surface area contributed by atoms with E-state index in [1.165, 1.54) is 17.4 Å². The van der Waals surface area contributed by atoms with Gasteiger partial charge >= 0.3 is 6.18 Å². The van der Waals surface area contributed by atoms with E-state index in [1.807, 2.05) is 0 Å². The van der Waals surface area contributed by atoms with Crippen molar-refractivity contribution in [3.63, 3.8) is 0 Å². The standard InChI is InChI=1S/C21H14F7N3O3/c22-12-2-1-3-13(8-12)31-20(34)14(19(33)29-18(25)16(32)17(23)24)9-15(30-31)10-4-6-11(7-5-10)21(26,27)28/h1-9,16-18,32H,(H,29,33)/t16-,18?/m0/s1. The molecule has 1 unspecified atom stereocenters. The minimum Gasteiger partial charge on any atom is -0.382 e. The predicted octanol–water partition coefficient (Wildman–Crippen LogP) is 3.71. The van der Waals surface area contributed by atoms with Gasteiger partial charge in [0.05, 0.1) is 16.9 Å². The number of amides is 1. The van der Waals surface area contributed by atoms with E-state index in [1.54, 1.807) is 0 Å². The van der Waals surface area contributed by atoms with Gasteiger partial charge in [-0.15, -0.1) is 0 Å². The van der Waals surface area contributed by atoms with Crippen molar-refractivity contribution in [2.75, 3.05) is 0 Å². The predicted molar refractivity (Wildman–Crippen MR) is 105 cm³/mol. The molecule has 0 bridgehead atoms. The summed E-state index contributed by atoms with van der Waals surface area (Å²) in [5, 5.41) is 14.4. The summed E-state index contributed by atoms with van der Waals surface area (Å²) in [5.74, 6) is -2.31. The summed E-state index contributed by atoms with van der Waals surface area (Å²) in [7, 11) is 0. The number of rotatable bonds is 6. The van der Waals surface area contributed by atoms with Gasteiger partial charge < -0.3 is 10.4 Å². The number of aliphatic hydroxyl groups is 1. The van der Waals surface area contributed by atoms with Gasteiger partial charge in [0.2, 0.25) is 6.30 Å². The smallest absolute Gasteiger partial charge is 0.382 e. The molecule has 0 fully saturated rings. The number of hydrogen-bond acceptors (Lipinski definition) is 4. The van der Waals surface area contributed by atoms with Crippen LogP contribution in [0.3, 0.4) is 0 Å². The zero-order chi connectivity index (χ0) is 25.2. The fourth-order valence-electron chi connectivity index (χ4n) is 2.83. The number of carbonyl (C=O) groups is 1. The van der Waals surface area contributed by atoms with Crippen molar-refractivity contribution in [3.8, 4) is 16.9 Å². The summed E-state index contributed by atoms with van der Waals surface area (Å²) >= 11 is 0. The summed E-state index contributed by atoms with van der Waals surface area (Å²) in [6, 6.07) is 8.56. The molecule has 13 heteroatoms. The number of aromatic nitrogens is 2. The topological polar surface area (TPSA) is 84.2 Å². The molecule has 34 heavy (non-hydrogen) atoms. The van der Waals surface area contributed by atoms with Gasteiger partial charge in [0, 0.05) is 5.56 Å². The molecule has 0 radical (unpaired) electrons. The zero-order valence-electron chi connectivity index (χ0n) is 16.7. The maximum atomic E-state index is 13.8. The average molecular weight is 489 g/mol. The summed E-state index contributed by atoms with van der Waals surface area (Å²) in [5.41, 5.74) is -3.48. The molecule has 1 amide bonds. The Morgan fingerprint density at radius 3 is 2.24 bits per heavy atom. The van der Waals surface area contributed by atoms with E-state index in [2.05, 4.69) is 5.10 Å². The largest absolute Gasteiger partial charge is 0.416 e.